The van der Waals surface area contributed by atoms with Crippen LogP contribution in [0, 0.1) is 0 Å². The Kier molecular flexibility index (Phi) is 6.05. The summed E-state index contributed by atoms with van der Waals surface area (Å²) in [6.45, 7) is 2.47. The molecule has 1 aliphatic heterocycles. The molecule has 1 heterocycles. The molecule has 6 heteroatoms. The summed E-state index contributed by atoms with van der Waals surface area (Å²) < 4.78 is 58.2. The van der Waals surface area contributed by atoms with Gasteiger partial charge in [0.25, 0.3) is 0 Å². The topological polar surface area (TPSA) is 12.5 Å². The lowest BCUT2D eigenvalue weighted by molar-refractivity contribution is -0.0956. The van der Waals surface area contributed by atoms with Crippen LogP contribution in [0.4, 0.5) is 17.6 Å². The molecule has 0 aromatic heterocycles. The first-order valence-corrected chi connectivity index (χ1v) is 9.03. The van der Waals surface area contributed by atoms with Crippen LogP contribution in [-0.4, -0.2) is 37.4 Å². The molecule has 0 bridgehead atoms. The van der Waals surface area contributed by atoms with Crippen molar-refractivity contribution in [3.63, 3.8) is 0 Å². The second kappa shape index (κ2) is 8.30. The van der Waals surface area contributed by atoms with Crippen LogP contribution in [0.5, 0.6) is 0 Å². The van der Waals surface area contributed by atoms with Gasteiger partial charge in [-0.1, -0.05) is 42.5 Å². The van der Waals surface area contributed by atoms with Crippen molar-refractivity contribution in [3.05, 3.63) is 70.5 Å². The molecule has 146 valence electrons. The van der Waals surface area contributed by atoms with Crippen molar-refractivity contribution in [2.45, 2.75) is 38.2 Å². The van der Waals surface area contributed by atoms with Crippen molar-refractivity contribution in [3.8, 4) is 0 Å². The van der Waals surface area contributed by atoms with Crippen LogP contribution >= 0.6 is 0 Å². The van der Waals surface area contributed by atoms with Crippen LogP contribution in [0.2, 0.25) is 0 Å². The third-order valence-corrected chi connectivity index (χ3v) is 5.06. The highest BCUT2D eigenvalue weighted by Crippen LogP contribution is 2.38. The van der Waals surface area contributed by atoms with Crippen LogP contribution in [-0.2, 0) is 11.3 Å². The molecule has 1 fully saturated rings. The van der Waals surface area contributed by atoms with E-state index in [2.05, 4.69) is 17.0 Å². The van der Waals surface area contributed by atoms with Gasteiger partial charge in [-0.2, -0.15) is 13.2 Å². The lowest BCUT2D eigenvalue weighted by Gasteiger charge is -2.31. The number of hydrogen-bond donors (Lipinski definition) is 0. The molecule has 1 aromatic carbocycles. The first kappa shape index (κ1) is 19.7. The summed E-state index contributed by atoms with van der Waals surface area (Å²) in [5.41, 5.74) is 1.59. The lowest BCUT2D eigenvalue weighted by Crippen LogP contribution is -2.31. The molecular formula is C21H23F4NO. The predicted molar refractivity (Wildman–Crippen MR) is 96.7 cm³/mol. The highest BCUT2D eigenvalue weighted by atomic mass is 19.4. The molecule has 3 rings (SSSR count). The fourth-order valence-corrected chi connectivity index (χ4v) is 3.61. The average molecular weight is 381 g/mol. The Labute approximate surface area is 156 Å². The van der Waals surface area contributed by atoms with Gasteiger partial charge >= 0.3 is 6.18 Å². The lowest BCUT2D eigenvalue weighted by atomic mass is 9.90. The van der Waals surface area contributed by atoms with Crippen LogP contribution in [0.25, 0.3) is 0 Å². The fraction of sp³-hybridized carbons (Fsp3) is 0.429. The fourth-order valence-electron chi connectivity index (χ4n) is 3.61. The highest BCUT2D eigenvalue weighted by Gasteiger charge is 2.38. The quantitative estimate of drug-likeness (QED) is 0.516. The Morgan fingerprint density at radius 3 is 2.33 bits per heavy atom. The highest BCUT2D eigenvalue weighted by molar-refractivity contribution is 5.42. The maximum atomic E-state index is 14.5. The van der Waals surface area contributed by atoms with Gasteiger partial charge < -0.3 is 4.74 Å². The molecule has 27 heavy (non-hydrogen) atoms. The van der Waals surface area contributed by atoms with Crippen LogP contribution < -0.4 is 0 Å². The molecule has 1 saturated heterocycles. The van der Waals surface area contributed by atoms with Gasteiger partial charge in [-0.25, -0.2) is 4.39 Å². The summed E-state index contributed by atoms with van der Waals surface area (Å²) in [5.74, 6) is 0.416. The van der Waals surface area contributed by atoms with E-state index in [1.807, 2.05) is 18.2 Å². The number of allylic oxidation sites excluding steroid dienone is 4. The molecule has 1 unspecified atom stereocenters. The van der Waals surface area contributed by atoms with Crippen LogP contribution in [0.1, 0.15) is 24.8 Å². The van der Waals surface area contributed by atoms with Gasteiger partial charge in [-0.05, 0) is 24.0 Å². The molecule has 0 amide bonds. The SMILES string of the molecule is COC(C1=CC=C(C(F)(F)F)CC1F)=C1CCN(Cc2ccccc2)CC1. The molecule has 0 saturated carbocycles. The van der Waals surface area contributed by atoms with Crippen LogP contribution in [0.3, 0.4) is 0 Å². The predicted octanol–water partition coefficient (Wildman–Crippen LogP) is 5.34. The minimum atomic E-state index is -4.49. The second-order valence-corrected chi connectivity index (χ2v) is 6.88. The number of likely N-dealkylation sites (tertiary alicyclic amines) is 1. The van der Waals surface area contributed by atoms with E-state index in [4.69, 9.17) is 4.74 Å². The van der Waals surface area contributed by atoms with Crippen molar-refractivity contribution in [1.82, 2.24) is 4.90 Å². The number of hydrogen-bond acceptors (Lipinski definition) is 2. The Hall–Kier alpha value is -2.08. The van der Waals surface area contributed by atoms with Gasteiger partial charge in [-0.15, -0.1) is 0 Å². The van der Waals surface area contributed by atoms with E-state index in [1.54, 1.807) is 0 Å². The standard InChI is InChI=1S/C21H23F4NO/c1-27-20(18-8-7-17(13-19(18)22)21(23,24)25)16-9-11-26(12-10-16)14-15-5-3-2-4-6-15/h2-8,19H,9-14H2,1H3. The van der Waals surface area contributed by atoms with E-state index in [1.165, 1.54) is 18.7 Å². The summed E-state index contributed by atoms with van der Waals surface area (Å²) in [4.78, 5) is 2.32. The Morgan fingerprint density at radius 2 is 1.78 bits per heavy atom. The number of piperidine rings is 1. The van der Waals surface area contributed by atoms with Gasteiger partial charge in [0, 0.05) is 37.2 Å². The zero-order chi connectivity index (χ0) is 19.4. The third kappa shape index (κ3) is 4.80. The smallest absolute Gasteiger partial charge is 0.412 e. The number of halogens is 4. The number of rotatable bonds is 4. The van der Waals surface area contributed by atoms with Crippen molar-refractivity contribution < 1.29 is 22.3 Å². The number of benzene rings is 1. The molecule has 0 N–H and O–H groups in total. The monoisotopic (exact) mass is 381 g/mol. The Bertz CT molecular complexity index is 739. The van der Waals surface area contributed by atoms with Gasteiger partial charge in [0.1, 0.15) is 11.9 Å². The van der Waals surface area contributed by atoms with E-state index in [-0.39, 0.29) is 5.57 Å². The van der Waals surface area contributed by atoms with Crippen molar-refractivity contribution in [2.75, 3.05) is 20.2 Å². The minimum absolute atomic E-state index is 0.219. The summed E-state index contributed by atoms with van der Waals surface area (Å²) in [5, 5.41) is 0. The molecule has 1 atom stereocenters. The zero-order valence-electron chi connectivity index (χ0n) is 15.2. The number of methoxy groups -OCH3 is 1. The number of alkyl halides is 4. The molecular weight excluding hydrogens is 358 g/mol. The van der Waals surface area contributed by atoms with E-state index in [0.29, 0.717) is 5.76 Å². The van der Waals surface area contributed by atoms with Gasteiger partial charge in [0.05, 0.1) is 7.11 Å². The maximum Gasteiger partial charge on any atom is 0.412 e. The van der Waals surface area contributed by atoms with Crippen LogP contribution in [0.15, 0.2) is 65.0 Å². The van der Waals surface area contributed by atoms with Crippen molar-refractivity contribution in [1.29, 1.82) is 0 Å². The summed E-state index contributed by atoms with van der Waals surface area (Å²) in [7, 11) is 1.45. The Morgan fingerprint density at radius 1 is 1.11 bits per heavy atom. The van der Waals surface area contributed by atoms with E-state index in [0.717, 1.165) is 44.1 Å². The van der Waals surface area contributed by atoms with Crippen molar-refractivity contribution in [2.24, 2.45) is 0 Å². The average Bonchev–Trinajstić information content (AvgIpc) is 2.65. The molecule has 0 radical (unpaired) electrons. The summed E-state index contributed by atoms with van der Waals surface area (Å²) >= 11 is 0. The van der Waals surface area contributed by atoms with Crippen molar-refractivity contribution >= 4 is 0 Å². The molecule has 2 nitrogen and oxygen atoms in total. The summed E-state index contributed by atoms with van der Waals surface area (Å²) in [6, 6.07) is 10.2. The molecule has 0 spiro atoms. The van der Waals surface area contributed by atoms with E-state index in [9.17, 15) is 17.6 Å². The zero-order valence-corrected chi connectivity index (χ0v) is 15.2. The molecule has 1 aliphatic carbocycles. The second-order valence-electron chi connectivity index (χ2n) is 6.88. The van der Waals surface area contributed by atoms with E-state index < -0.39 is 24.3 Å². The minimum Gasteiger partial charge on any atom is -0.496 e. The first-order valence-electron chi connectivity index (χ1n) is 9.03. The van der Waals surface area contributed by atoms with Gasteiger partial charge in [-0.3, -0.25) is 4.90 Å². The number of nitrogens with zero attached hydrogens (tertiary/aromatic N) is 1. The number of ether oxygens (including phenoxy) is 1. The van der Waals surface area contributed by atoms with Gasteiger partial charge in [0.2, 0.25) is 0 Å². The molecule has 1 aromatic rings. The normalized spacial score (nSPS) is 21.5. The third-order valence-electron chi connectivity index (χ3n) is 5.06. The largest absolute Gasteiger partial charge is 0.496 e. The first-order chi connectivity index (χ1) is 12.9. The molecule has 2 aliphatic rings. The van der Waals surface area contributed by atoms with Gasteiger partial charge in [0.15, 0.2) is 0 Å². The van der Waals surface area contributed by atoms with E-state index >= 15 is 0 Å². The summed E-state index contributed by atoms with van der Waals surface area (Å²) in [6.07, 6.45) is -3.22. The maximum absolute atomic E-state index is 14.5. The Balaban J connectivity index is 1.71.